The molecule has 13 heteroatoms. The van der Waals surface area contributed by atoms with Crippen LogP contribution in [-0.2, 0) is 16.6 Å². The summed E-state index contributed by atoms with van der Waals surface area (Å²) in [6.45, 7) is 1.59. The van der Waals surface area contributed by atoms with Gasteiger partial charge in [0.25, 0.3) is 0 Å². The Morgan fingerprint density at radius 2 is 1.73 bits per heavy atom. The number of aryl methyl sites for hydroxylation is 1. The van der Waals surface area contributed by atoms with Crippen LogP contribution in [0.2, 0.25) is 0 Å². The molecule has 3 N–H and O–H groups in total. The van der Waals surface area contributed by atoms with Crippen molar-refractivity contribution >= 4 is 23.1 Å². The molecule has 0 spiro atoms. The molecule has 7 nitrogen and oxygen atoms in total. The standard InChI is InChI=1S/C24H18F6N6O/c1-22(12-5-7-13(25)8-6-12)16-18(31)33-20(34-19(16)35-21(22)37)17-14-4-2-3-11-36(14)15(32-17)9-10-23(26,27)24(28,29)30/h2-8,11H,9-10H2,1H3,(H3,31,33,34,35,37). The van der Waals surface area contributed by atoms with E-state index in [4.69, 9.17) is 5.73 Å². The number of nitrogens with one attached hydrogen (secondary N) is 1. The van der Waals surface area contributed by atoms with Gasteiger partial charge in [-0.15, -0.1) is 0 Å². The molecule has 192 valence electrons. The number of carbonyl (C=O) groups is 1. The molecule has 1 aliphatic rings. The highest BCUT2D eigenvalue weighted by Crippen LogP contribution is 2.45. The number of alkyl halides is 5. The van der Waals surface area contributed by atoms with Crippen LogP contribution in [-0.4, -0.2) is 37.4 Å². The zero-order valence-corrected chi connectivity index (χ0v) is 19.1. The van der Waals surface area contributed by atoms with E-state index in [1.807, 2.05) is 0 Å². The number of amides is 1. The quantitative estimate of drug-likeness (QED) is 0.365. The van der Waals surface area contributed by atoms with Gasteiger partial charge in [-0.3, -0.25) is 4.79 Å². The minimum absolute atomic E-state index is 0.0579. The Labute approximate surface area is 205 Å². The summed E-state index contributed by atoms with van der Waals surface area (Å²) in [5, 5.41) is 2.65. The lowest BCUT2D eigenvalue weighted by atomic mass is 9.78. The molecule has 5 rings (SSSR count). The molecule has 0 saturated heterocycles. The molecule has 0 saturated carbocycles. The van der Waals surface area contributed by atoms with Gasteiger partial charge >= 0.3 is 12.1 Å². The van der Waals surface area contributed by atoms with Gasteiger partial charge < -0.3 is 15.5 Å². The lowest BCUT2D eigenvalue weighted by Gasteiger charge is -2.23. The number of aromatic nitrogens is 4. The summed E-state index contributed by atoms with van der Waals surface area (Å²) in [6.07, 6.45) is -6.40. The molecule has 4 aromatic rings. The average molecular weight is 520 g/mol. The number of fused-ring (bicyclic) bond motifs is 2. The third-order valence-electron chi connectivity index (χ3n) is 6.46. The van der Waals surface area contributed by atoms with Crippen LogP contribution in [0.3, 0.4) is 0 Å². The zero-order valence-electron chi connectivity index (χ0n) is 19.1. The van der Waals surface area contributed by atoms with Crippen LogP contribution < -0.4 is 11.1 Å². The Hall–Kier alpha value is -4.16. The summed E-state index contributed by atoms with van der Waals surface area (Å²) in [5.74, 6) is -5.96. The van der Waals surface area contributed by atoms with Crippen LogP contribution in [0.4, 0.5) is 38.0 Å². The van der Waals surface area contributed by atoms with Crippen molar-refractivity contribution in [1.29, 1.82) is 0 Å². The van der Waals surface area contributed by atoms with E-state index >= 15 is 0 Å². The second-order valence-corrected chi connectivity index (χ2v) is 8.78. The number of anilines is 2. The van der Waals surface area contributed by atoms with Gasteiger partial charge in [0.2, 0.25) is 5.91 Å². The first-order valence-corrected chi connectivity index (χ1v) is 11.0. The highest BCUT2D eigenvalue weighted by atomic mass is 19.4. The Balaban J connectivity index is 1.58. The molecule has 1 atom stereocenters. The van der Waals surface area contributed by atoms with Gasteiger partial charge in [0.15, 0.2) is 5.82 Å². The second-order valence-electron chi connectivity index (χ2n) is 8.78. The van der Waals surface area contributed by atoms with Crippen molar-refractivity contribution in [3.63, 3.8) is 0 Å². The van der Waals surface area contributed by atoms with Gasteiger partial charge in [-0.1, -0.05) is 18.2 Å². The molecule has 4 heterocycles. The summed E-state index contributed by atoms with van der Waals surface area (Å²) < 4.78 is 79.9. The minimum atomic E-state index is -5.68. The maximum atomic E-state index is 13.6. The molecule has 3 aromatic heterocycles. The van der Waals surface area contributed by atoms with Crippen molar-refractivity contribution in [2.24, 2.45) is 0 Å². The van der Waals surface area contributed by atoms with Crippen molar-refractivity contribution in [3.8, 4) is 11.5 Å². The number of nitrogens with zero attached hydrogens (tertiary/aromatic N) is 4. The van der Waals surface area contributed by atoms with Gasteiger partial charge in [-0.25, -0.2) is 19.3 Å². The molecular formula is C24H18F6N6O. The fourth-order valence-electron chi connectivity index (χ4n) is 4.42. The Morgan fingerprint density at radius 3 is 2.41 bits per heavy atom. The van der Waals surface area contributed by atoms with Crippen LogP contribution in [0.5, 0.6) is 0 Å². The number of rotatable bonds is 5. The highest BCUT2D eigenvalue weighted by molar-refractivity contribution is 6.09. The minimum Gasteiger partial charge on any atom is -0.383 e. The summed E-state index contributed by atoms with van der Waals surface area (Å²) >= 11 is 0. The second kappa shape index (κ2) is 8.18. The molecule has 0 aliphatic carbocycles. The van der Waals surface area contributed by atoms with E-state index in [1.165, 1.54) is 34.9 Å². The van der Waals surface area contributed by atoms with Crippen molar-refractivity contribution in [2.75, 3.05) is 11.1 Å². The van der Waals surface area contributed by atoms with E-state index in [1.54, 1.807) is 25.1 Å². The molecule has 0 fully saturated rings. The molecule has 0 bridgehead atoms. The molecule has 1 aliphatic heterocycles. The fraction of sp³-hybridized carbons (Fsp3) is 0.250. The number of hydrogen-bond acceptors (Lipinski definition) is 5. The highest BCUT2D eigenvalue weighted by Gasteiger charge is 2.56. The number of benzene rings is 1. The number of nitrogens with two attached hydrogens (primary N) is 1. The van der Waals surface area contributed by atoms with Gasteiger partial charge in [-0.05, 0) is 36.8 Å². The first-order valence-electron chi connectivity index (χ1n) is 11.0. The number of carbonyl (C=O) groups excluding carboxylic acids is 1. The summed E-state index contributed by atoms with van der Waals surface area (Å²) in [5.41, 5.74) is 6.08. The van der Waals surface area contributed by atoms with E-state index in [-0.39, 0.29) is 34.5 Å². The van der Waals surface area contributed by atoms with Crippen LogP contribution in [0.1, 0.15) is 30.3 Å². The average Bonchev–Trinajstić information content (AvgIpc) is 3.33. The monoisotopic (exact) mass is 520 g/mol. The van der Waals surface area contributed by atoms with E-state index < -0.39 is 42.1 Å². The van der Waals surface area contributed by atoms with Crippen molar-refractivity contribution in [1.82, 2.24) is 19.4 Å². The zero-order chi connectivity index (χ0) is 26.8. The maximum absolute atomic E-state index is 13.6. The van der Waals surface area contributed by atoms with Crippen molar-refractivity contribution in [2.45, 2.75) is 37.3 Å². The van der Waals surface area contributed by atoms with Crippen LogP contribution >= 0.6 is 0 Å². The van der Waals surface area contributed by atoms with E-state index in [0.717, 1.165) is 0 Å². The van der Waals surface area contributed by atoms with Crippen LogP contribution in [0.15, 0.2) is 48.7 Å². The number of imidazole rings is 1. The van der Waals surface area contributed by atoms with E-state index in [9.17, 15) is 31.1 Å². The predicted octanol–water partition coefficient (Wildman–Crippen LogP) is 4.90. The fourth-order valence-corrected chi connectivity index (χ4v) is 4.42. The van der Waals surface area contributed by atoms with Crippen molar-refractivity contribution < 1.29 is 31.1 Å². The first-order chi connectivity index (χ1) is 17.3. The van der Waals surface area contributed by atoms with Gasteiger partial charge in [-0.2, -0.15) is 22.0 Å². The molecular weight excluding hydrogens is 502 g/mol. The van der Waals surface area contributed by atoms with Crippen LogP contribution in [0.25, 0.3) is 17.0 Å². The lowest BCUT2D eigenvalue weighted by Crippen LogP contribution is -2.36. The number of nitrogen functional groups attached to an aromatic ring is 1. The smallest absolute Gasteiger partial charge is 0.383 e. The summed E-state index contributed by atoms with van der Waals surface area (Å²) in [7, 11) is 0. The number of pyridine rings is 1. The maximum Gasteiger partial charge on any atom is 0.453 e. The van der Waals surface area contributed by atoms with E-state index in [0.29, 0.717) is 11.1 Å². The molecule has 0 radical (unpaired) electrons. The summed E-state index contributed by atoms with van der Waals surface area (Å²) in [6, 6.07) is 10.1. The Bertz CT molecular complexity index is 1530. The normalized spacial score (nSPS) is 17.8. The van der Waals surface area contributed by atoms with Gasteiger partial charge in [0, 0.05) is 19.0 Å². The topological polar surface area (TPSA) is 98.2 Å². The van der Waals surface area contributed by atoms with Gasteiger partial charge in [0.05, 0.1) is 11.1 Å². The molecule has 1 amide bonds. The predicted molar refractivity (Wildman–Crippen MR) is 121 cm³/mol. The van der Waals surface area contributed by atoms with Crippen molar-refractivity contribution in [3.05, 3.63) is 71.4 Å². The number of hydrogen-bond donors (Lipinski definition) is 2. The Morgan fingerprint density at radius 1 is 1.03 bits per heavy atom. The SMILES string of the molecule is CC1(c2ccc(F)cc2)C(=O)Nc2nc(-c3nc(CCC(F)(F)C(F)(F)F)n4ccccc34)nc(N)c21. The van der Waals surface area contributed by atoms with Gasteiger partial charge in [0.1, 0.15) is 34.4 Å². The molecule has 1 aromatic carbocycles. The lowest BCUT2D eigenvalue weighted by molar-refractivity contribution is -0.284. The third-order valence-corrected chi connectivity index (χ3v) is 6.46. The van der Waals surface area contributed by atoms with E-state index in [2.05, 4.69) is 20.3 Å². The Kier molecular flexibility index (Phi) is 5.42. The molecule has 1 unspecified atom stereocenters. The third kappa shape index (κ3) is 3.85. The van der Waals surface area contributed by atoms with Crippen LogP contribution in [0, 0.1) is 5.82 Å². The summed E-state index contributed by atoms with van der Waals surface area (Å²) in [4.78, 5) is 25.9. The molecule has 37 heavy (non-hydrogen) atoms. The first kappa shape index (κ1) is 24.5. The number of halogens is 6. The largest absolute Gasteiger partial charge is 0.453 e.